The summed E-state index contributed by atoms with van der Waals surface area (Å²) in [5.41, 5.74) is 1.32. The van der Waals surface area contributed by atoms with E-state index in [4.69, 9.17) is 32.7 Å². The minimum absolute atomic E-state index is 0.161. The topological polar surface area (TPSA) is 84.9 Å². The molecule has 0 saturated carbocycles. The number of hydrogen-bond acceptors (Lipinski definition) is 5. The minimum Gasteiger partial charge on any atom is -0.490 e. The van der Waals surface area contributed by atoms with Crippen molar-refractivity contribution in [3.63, 3.8) is 0 Å². The van der Waals surface area contributed by atoms with Gasteiger partial charge >= 0.3 is 6.03 Å². The number of nitrogens with one attached hydrogen (secondary N) is 1. The Bertz CT molecular complexity index is 1430. The van der Waals surface area contributed by atoms with Crippen LogP contribution in [0.25, 0.3) is 6.08 Å². The van der Waals surface area contributed by atoms with Crippen LogP contribution < -0.4 is 19.7 Å². The highest BCUT2D eigenvalue weighted by molar-refractivity contribution is 9.10. The molecule has 0 unspecified atom stereocenters. The van der Waals surface area contributed by atoms with Crippen molar-refractivity contribution >= 4 is 84.7 Å². The van der Waals surface area contributed by atoms with Gasteiger partial charge in [-0.3, -0.25) is 14.9 Å². The highest BCUT2D eigenvalue weighted by atomic mass is 79.9. The van der Waals surface area contributed by atoms with Gasteiger partial charge in [-0.15, -0.1) is 0 Å². The number of anilines is 1. The molecule has 4 rings (SSSR count). The third-order valence-corrected chi connectivity index (χ3v) is 7.05. The Balaban J connectivity index is 1.66. The maximum atomic E-state index is 13.2. The van der Waals surface area contributed by atoms with Crippen molar-refractivity contribution < 1.29 is 23.9 Å². The van der Waals surface area contributed by atoms with Crippen LogP contribution in [-0.4, -0.2) is 24.5 Å². The van der Waals surface area contributed by atoms with E-state index < -0.39 is 17.8 Å². The van der Waals surface area contributed by atoms with Crippen LogP contribution in [0.2, 0.25) is 10.0 Å². The Morgan fingerprint density at radius 2 is 1.65 bits per heavy atom. The zero-order valence-corrected chi connectivity index (χ0v) is 23.9. The van der Waals surface area contributed by atoms with Gasteiger partial charge in [0.15, 0.2) is 11.5 Å². The zero-order chi connectivity index (χ0) is 26.7. The van der Waals surface area contributed by atoms with Gasteiger partial charge in [-0.2, -0.15) is 0 Å². The quantitative estimate of drug-likeness (QED) is 0.213. The monoisotopic (exact) mass is 666 g/mol. The number of nitrogens with zero attached hydrogens (tertiary/aromatic N) is 1. The normalized spacial score (nSPS) is 14.7. The van der Waals surface area contributed by atoms with Crippen molar-refractivity contribution in [2.75, 3.05) is 11.5 Å². The van der Waals surface area contributed by atoms with Crippen LogP contribution in [0.5, 0.6) is 11.5 Å². The second-order valence-electron chi connectivity index (χ2n) is 7.71. The van der Waals surface area contributed by atoms with Crippen molar-refractivity contribution in [3.05, 3.63) is 90.3 Å². The van der Waals surface area contributed by atoms with Gasteiger partial charge in [0, 0.05) is 24.6 Å². The highest BCUT2D eigenvalue weighted by Crippen LogP contribution is 2.36. The van der Waals surface area contributed by atoms with E-state index in [2.05, 4.69) is 37.2 Å². The van der Waals surface area contributed by atoms with E-state index in [0.717, 1.165) is 14.9 Å². The average Bonchev–Trinajstić information content (AvgIpc) is 2.84. The fourth-order valence-electron chi connectivity index (χ4n) is 3.47. The lowest BCUT2D eigenvalue weighted by atomic mass is 10.1. The smallest absolute Gasteiger partial charge is 0.335 e. The van der Waals surface area contributed by atoms with E-state index in [1.807, 2.05) is 6.92 Å². The van der Waals surface area contributed by atoms with Gasteiger partial charge in [0.2, 0.25) is 0 Å². The fourth-order valence-corrected chi connectivity index (χ4v) is 4.64. The summed E-state index contributed by atoms with van der Waals surface area (Å²) >= 11 is 19.0. The second-order valence-corrected chi connectivity index (χ2v) is 10.3. The predicted molar refractivity (Wildman–Crippen MR) is 149 cm³/mol. The van der Waals surface area contributed by atoms with E-state index in [0.29, 0.717) is 43.9 Å². The molecule has 7 nitrogen and oxygen atoms in total. The van der Waals surface area contributed by atoms with Gasteiger partial charge in [0.05, 0.1) is 12.3 Å². The van der Waals surface area contributed by atoms with E-state index >= 15 is 0 Å². The van der Waals surface area contributed by atoms with Gasteiger partial charge in [0.25, 0.3) is 11.8 Å². The van der Waals surface area contributed by atoms with Crippen molar-refractivity contribution in [1.82, 2.24) is 5.32 Å². The molecule has 1 N–H and O–H groups in total. The summed E-state index contributed by atoms with van der Waals surface area (Å²) in [5.74, 6) is -0.732. The van der Waals surface area contributed by atoms with Crippen LogP contribution in [0.15, 0.2) is 69.1 Å². The van der Waals surface area contributed by atoms with Crippen LogP contribution in [-0.2, 0) is 16.2 Å². The number of carbonyl (C=O) groups excluding carboxylic acids is 3. The number of rotatable bonds is 7. The SMILES string of the molecule is CCOc1cc(/C=C2\C(=O)NC(=O)N(c3ccc(Br)cc3)C2=O)c(Br)cc1OCc1ccc(Cl)cc1Cl. The molecular formula is C26H18Br2Cl2N2O5. The first-order valence-electron chi connectivity index (χ1n) is 10.9. The molecule has 4 amide bonds. The summed E-state index contributed by atoms with van der Waals surface area (Å²) in [4.78, 5) is 39.2. The van der Waals surface area contributed by atoms with Gasteiger partial charge in [-0.1, -0.05) is 61.1 Å². The number of benzene rings is 3. The molecule has 1 saturated heterocycles. The maximum absolute atomic E-state index is 13.2. The largest absolute Gasteiger partial charge is 0.490 e. The van der Waals surface area contributed by atoms with Gasteiger partial charge < -0.3 is 9.47 Å². The van der Waals surface area contributed by atoms with Crippen molar-refractivity contribution in [2.45, 2.75) is 13.5 Å². The van der Waals surface area contributed by atoms with Crippen molar-refractivity contribution in [1.29, 1.82) is 0 Å². The molecule has 11 heteroatoms. The van der Waals surface area contributed by atoms with Crippen molar-refractivity contribution in [3.8, 4) is 11.5 Å². The molecule has 1 fully saturated rings. The lowest BCUT2D eigenvalue weighted by Gasteiger charge is -2.26. The number of amides is 4. The molecule has 3 aromatic rings. The molecule has 0 aliphatic carbocycles. The molecule has 3 aromatic carbocycles. The molecule has 1 aliphatic rings. The van der Waals surface area contributed by atoms with E-state index in [9.17, 15) is 14.4 Å². The standard InChI is InChI=1S/C26H18Br2Cl2N2O5/c1-2-36-22-10-15(20(28)12-23(22)37-13-14-3-6-17(29)11-21(14)30)9-19-24(33)31-26(35)32(25(19)34)18-7-4-16(27)5-8-18/h3-12H,2,13H2,1H3,(H,31,33,35)/b19-9+. The highest BCUT2D eigenvalue weighted by Gasteiger charge is 2.37. The number of imide groups is 2. The van der Waals surface area contributed by atoms with Crippen LogP contribution in [0.1, 0.15) is 18.1 Å². The summed E-state index contributed by atoms with van der Waals surface area (Å²) in [6, 6.07) is 14.2. The first-order chi connectivity index (χ1) is 17.7. The summed E-state index contributed by atoms with van der Waals surface area (Å²) in [6.45, 7) is 2.33. The number of halogens is 4. The first-order valence-corrected chi connectivity index (χ1v) is 13.2. The molecular weight excluding hydrogens is 651 g/mol. The fraction of sp³-hybridized carbons (Fsp3) is 0.115. The molecule has 190 valence electrons. The molecule has 0 spiro atoms. The Hall–Kier alpha value is -2.85. The number of urea groups is 1. The Morgan fingerprint density at radius 3 is 2.32 bits per heavy atom. The maximum Gasteiger partial charge on any atom is 0.335 e. The minimum atomic E-state index is -0.826. The Labute approximate surface area is 239 Å². The van der Waals surface area contributed by atoms with Gasteiger partial charge in [0.1, 0.15) is 12.2 Å². The van der Waals surface area contributed by atoms with Gasteiger partial charge in [-0.05, 0) is 67.1 Å². The van der Waals surface area contributed by atoms with E-state index in [-0.39, 0.29) is 12.2 Å². The second kappa shape index (κ2) is 11.7. The van der Waals surface area contributed by atoms with Crippen molar-refractivity contribution in [2.24, 2.45) is 0 Å². The van der Waals surface area contributed by atoms with Crippen LogP contribution in [0.3, 0.4) is 0 Å². The van der Waals surface area contributed by atoms with Crippen LogP contribution in [0, 0.1) is 0 Å². The molecule has 37 heavy (non-hydrogen) atoms. The van der Waals surface area contributed by atoms with Gasteiger partial charge in [-0.25, -0.2) is 9.69 Å². The van der Waals surface area contributed by atoms with E-state index in [1.165, 1.54) is 6.08 Å². The number of ether oxygens (including phenoxy) is 2. The molecule has 0 bridgehead atoms. The van der Waals surface area contributed by atoms with Crippen LogP contribution in [0.4, 0.5) is 10.5 Å². The van der Waals surface area contributed by atoms with Crippen LogP contribution >= 0.6 is 55.1 Å². The number of barbiturate groups is 1. The predicted octanol–water partition coefficient (Wildman–Crippen LogP) is 7.16. The average molecular weight is 669 g/mol. The molecule has 1 aliphatic heterocycles. The third kappa shape index (κ3) is 6.18. The molecule has 1 heterocycles. The summed E-state index contributed by atoms with van der Waals surface area (Å²) in [6.07, 6.45) is 1.39. The summed E-state index contributed by atoms with van der Waals surface area (Å²) in [7, 11) is 0. The summed E-state index contributed by atoms with van der Waals surface area (Å²) < 4.78 is 13.0. The molecule has 0 atom stereocenters. The molecule has 0 aromatic heterocycles. The Morgan fingerprint density at radius 1 is 0.946 bits per heavy atom. The summed E-state index contributed by atoms with van der Waals surface area (Å²) in [5, 5.41) is 3.20. The Kier molecular flexibility index (Phi) is 8.59. The lowest BCUT2D eigenvalue weighted by Crippen LogP contribution is -2.54. The molecule has 0 radical (unpaired) electrons. The zero-order valence-electron chi connectivity index (χ0n) is 19.2. The van der Waals surface area contributed by atoms with E-state index in [1.54, 1.807) is 54.6 Å². The first kappa shape index (κ1) is 27.2. The number of hydrogen-bond donors (Lipinski definition) is 1. The number of carbonyl (C=O) groups is 3. The third-order valence-electron chi connectivity index (χ3n) is 5.25. The lowest BCUT2D eigenvalue weighted by molar-refractivity contribution is -0.122.